The topological polar surface area (TPSA) is 38.3 Å². The van der Waals surface area contributed by atoms with Crippen LogP contribution in [0.1, 0.15) is 15.9 Å². The number of carbonyl (C=O) groups excluding carboxylic acids is 1. The Labute approximate surface area is 162 Å². The molecule has 0 spiro atoms. The van der Waals surface area contributed by atoms with Gasteiger partial charge in [-0.05, 0) is 42.0 Å². The number of para-hydroxylation sites is 2. The second-order valence-corrected chi connectivity index (χ2v) is 7.02. The summed E-state index contributed by atoms with van der Waals surface area (Å²) >= 11 is 7.59. The highest BCUT2D eigenvalue weighted by Gasteiger charge is 2.13. The molecule has 5 heteroatoms. The van der Waals surface area contributed by atoms with E-state index in [2.05, 4.69) is 5.32 Å². The van der Waals surface area contributed by atoms with Gasteiger partial charge in [0.1, 0.15) is 5.75 Å². The lowest BCUT2D eigenvalue weighted by Crippen LogP contribution is -2.13. The van der Waals surface area contributed by atoms with Crippen molar-refractivity contribution in [3.05, 3.63) is 88.9 Å². The molecular formula is C21H18ClNO2S. The van der Waals surface area contributed by atoms with Crippen molar-refractivity contribution in [1.82, 2.24) is 0 Å². The number of benzene rings is 3. The highest BCUT2D eigenvalue weighted by molar-refractivity contribution is 7.98. The van der Waals surface area contributed by atoms with E-state index in [0.717, 1.165) is 21.4 Å². The van der Waals surface area contributed by atoms with Crippen LogP contribution in [0, 0.1) is 0 Å². The molecular weight excluding hydrogens is 366 g/mol. The zero-order chi connectivity index (χ0) is 18.4. The molecule has 0 fully saturated rings. The van der Waals surface area contributed by atoms with E-state index in [1.165, 1.54) is 5.56 Å². The highest BCUT2D eigenvalue weighted by atomic mass is 35.5. The minimum Gasteiger partial charge on any atom is -0.496 e. The third kappa shape index (κ3) is 4.59. The maximum atomic E-state index is 12.6. The molecule has 3 aromatic carbocycles. The Morgan fingerprint density at radius 3 is 2.46 bits per heavy atom. The molecule has 0 radical (unpaired) electrons. The molecule has 0 unspecified atom stereocenters. The molecule has 1 amide bonds. The molecule has 0 saturated heterocycles. The van der Waals surface area contributed by atoms with Gasteiger partial charge in [0.25, 0.3) is 5.91 Å². The Morgan fingerprint density at radius 1 is 1.00 bits per heavy atom. The van der Waals surface area contributed by atoms with E-state index >= 15 is 0 Å². The molecule has 0 aliphatic carbocycles. The van der Waals surface area contributed by atoms with Gasteiger partial charge in [-0.15, -0.1) is 11.8 Å². The average molecular weight is 384 g/mol. The van der Waals surface area contributed by atoms with E-state index in [4.69, 9.17) is 16.3 Å². The number of methoxy groups -OCH3 is 1. The van der Waals surface area contributed by atoms with Crippen LogP contribution in [0.2, 0.25) is 5.02 Å². The Balaban J connectivity index is 1.74. The van der Waals surface area contributed by atoms with E-state index < -0.39 is 0 Å². The number of anilines is 1. The number of ether oxygens (including phenoxy) is 1. The summed E-state index contributed by atoms with van der Waals surface area (Å²) in [6.07, 6.45) is 0. The predicted octanol–water partition coefficient (Wildman–Crippen LogP) is 5.89. The van der Waals surface area contributed by atoms with Crippen LogP contribution in [0.5, 0.6) is 5.75 Å². The first-order valence-corrected chi connectivity index (χ1v) is 9.44. The zero-order valence-corrected chi connectivity index (χ0v) is 15.8. The van der Waals surface area contributed by atoms with Gasteiger partial charge in [0.15, 0.2) is 0 Å². The van der Waals surface area contributed by atoms with Gasteiger partial charge in [-0.3, -0.25) is 4.79 Å². The summed E-state index contributed by atoms with van der Waals surface area (Å²) in [6.45, 7) is 0. The normalized spacial score (nSPS) is 10.4. The van der Waals surface area contributed by atoms with Crippen LogP contribution in [0.25, 0.3) is 0 Å². The molecule has 0 saturated carbocycles. The molecule has 1 N–H and O–H groups in total. The SMILES string of the molecule is COc1ccccc1C(=O)Nc1ccccc1SCc1ccc(Cl)cc1. The number of hydrogen-bond acceptors (Lipinski definition) is 3. The summed E-state index contributed by atoms with van der Waals surface area (Å²) in [7, 11) is 1.56. The van der Waals surface area contributed by atoms with Crippen LogP contribution in [0.15, 0.2) is 77.7 Å². The summed E-state index contributed by atoms with van der Waals surface area (Å²) in [5.41, 5.74) is 2.46. The van der Waals surface area contributed by atoms with Gasteiger partial charge in [0, 0.05) is 15.7 Å². The van der Waals surface area contributed by atoms with E-state index in [1.807, 2.05) is 60.7 Å². The molecule has 0 atom stereocenters. The van der Waals surface area contributed by atoms with Crippen molar-refractivity contribution in [3.63, 3.8) is 0 Å². The fourth-order valence-electron chi connectivity index (χ4n) is 2.46. The van der Waals surface area contributed by atoms with Crippen LogP contribution in [-0.2, 0) is 5.75 Å². The third-order valence-corrected chi connectivity index (χ3v) is 5.19. The van der Waals surface area contributed by atoms with E-state index in [9.17, 15) is 4.79 Å². The smallest absolute Gasteiger partial charge is 0.259 e. The van der Waals surface area contributed by atoms with Crippen LogP contribution in [-0.4, -0.2) is 13.0 Å². The molecule has 26 heavy (non-hydrogen) atoms. The van der Waals surface area contributed by atoms with Gasteiger partial charge in [-0.25, -0.2) is 0 Å². The van der Waals surface area contributed by atoms with Crippen molar-refractivity contribution < 1.29 is 9.53 Å². The standard InChI is InChI=1S/C21H18ClNO2S/c1-25-19-8-4-2-6-17(19)21(24)23-18-7-3-5-9-20(18)26-14-15-10-12-16(22)13-11-15/h2-13H,14H2,1H3,(H,23,24). The lowest BCUT2D eigenvalue weighted by molar-refractivity contribution is 0.102. The van der Waals surface area contributed by atoms with Crippen LogP contribution in [0.4, 0.5) is 5.69 Å². The Bertz CT molecular complexity index is 897. The van der Waals surface area contributed by atoms with Crippen molar-refractivity contribution in [1.29, 1.82) is 0 Å². The minimum atomic E-state index is -0.193. The zero-order valence-electron chi connectivity index (χ0n) is 14.2. The van der Waals surface area contributed by atoms with Gasteiger partial charge < -0.3 is 10.1 Å². The second-order valence-electron chi connectivity index (χ2n) is 5.57. The number of carbonyl (C=O) groups is 1. The van der Waals surface area contributed by atoms with Crippen LogP contribution < -0.4 is 10.1 Å². The third-order valence-electron chi connectivity index (χ3n) is 3.79. The van der Waals surface area contributed by atoms with E-state index in [0.29, 0.717) is 11.3 Å². The summed E-state index contributed by atoms with van der Waals surface area (Å²) < 4.78 is 5.27. The summed E-state index contributed by atoms with van der Waals surface area (Å²) in [4.78, 5) is 13.6. The first-order valence-electron chi connectivity index (χ1n) is 8.08. The minimum absolute atomic E-state index is 0.193. The second kappa shape index (κ2) is 8.79. The number of rotatable bonds is 6. The molecule has 0 aliphatic heterocycles. The average Bonchev–Trinajstić information content (AvgIpc) is 2.68. The molecule has 0 aliphatic rings. The van der Waals surface area contributed by atoms with Crippen molar-refractivity contribution in [2.75, 3.05) is 12.4 Å². The fraction of sp³-hybridized carbons (Fsp3) is 0.0952. The maximum absolute atomic E-state index is 12.6. The van der Waals surface area contributed by atoms with Crippen molar-refractivity contribution in [3.8, 4) is 5.75 Å². The molecule has 3 rings (SSSR count). The summed E-state index contributed by atoms with van der Waals surface area (Å²) in [5, 5.41) is 3.71. The number of amides is 1. The van der Waals surface area contributed by atoms with Crippen molar-refractivity contribution in [2.24, 2.45) is 0 Å². The number of nitrogens with one attached hydrogen (secondary N) is 1. The molecule has 3 nitrogen and oxygen atoms in total. The van der Waals surface area contributed by atoms with E-state index in [1.54, 1.807) is 31.0 Å². The quantitative estimate of drug-likeness (QED) is 0.539. The van der Waals surface area contributed by atoms with Crippen LogP contribution >= 0.6 is 23.4 Å². The highest BCUT2D eigenvalue weighted by Crippen LogP contribution is 2.31. The first-order chi connectivity index (χ1) is 12.7. The Morgan fingerprint density at radius 2 is 1.69 bits per heavy atom. The number of thioether (sulfide) groups is 1. The van der Waals surface area contributed by atoms with E-state index in [-0.39, 0.29) is 5.91 Å². The van der Waals surface area contributed by atoms with Gasteiger partial charge in [-0.2, -0.15) is 0 Å². The predicted molar refractivity (Wildman–Crippen MR) is 108 cm³/mol. The molecule has 0 bridgehead atoms. The molecule has 0 aromatic heterocycles. The van der Waals surface area contributed by atoms with Gasteiger partial charge in [-0.1, -0.05) is 48.0 Å². The number of hydrogen-bond donors (Lipinski definition) is 1. The summed E-state index contributed by atoms with van der Waals surface area (Å²) in [6, 6.07) is 22.7. The van der Waals surface area contributed by atoms with Gasteiger partial charge in [0.05, 0.1) is 18.4 Å². The Kier molecular flexibility index (Phi) is 6.21. The largest absolute Gasteiger partial charge is 0.496 e. The molecule has 0 heterocycles. The lowest BCUT2D eigenvalue weighted by Gasteiger charge is -2.12. The molecule has 3 aromatic rings. The van der Waals surface area contributed by atoms with Gasteiger partial charge >= 0.3 is 0 Å². The fourth-order valence-corrected chi connectivity index (χ4v) is 3.55. The summed E-state index contributed by atoms with van der Waals surface area (Å²) in [5.74, 6) is 1.15. The monoisotopic (exact) mass is 383 g/mol. The molecule has 132 valence electrons. The first kappa shape index (κ1) is 18.4. The Hall–Kier alpha value is -2.43. The van der Waals surface area contributed by atoms with Crippen molar-refractivity contribution in [2.45, 2.75) is 10.6 Å². The van der Waals surface area contributed by atoms with Crippen LogP contribution in [0.3, 0.4) is 0 Å². The van der Waals surface area contributed by atoms with Gasteiger partial charge in [0.2, 0.25) is 0 Å². The lowest BCUT2D eigenvalue weighted by atomic mass is 10.2. The van der Waals surface area contributed by atoms with Crippen molar-refractivity contribution >= 4 is 35.0 Å². The maximum Gasteiger partial charge on any atom is 0.259 e. The number of halogens is 1.